The summed E-state index contributed by atoms with van der Waals surface area (Å²) in [4.78, 5) is 5.55. The minimum atomic E-state index is 0.361. The van der Waals surface area contributed by atoms with Crippen LogP contribution in [0, 0.1) is 0 Å². The number of allylic oxidation sites excluding steroid dienone is 1. The molecule has 0 bridgehead atoms. The molecule has 0 spiro atoms. The van der Waals surface area contributed by atoms with Gasteiger partial charge in [0.25, 0.3) is 0 Å². The van der Waals surface area contributed by atoms with Crippen LogP contribution in [0.15, 0.2) is 29.2 Å². The molecule has 0 atom stereocenters. The van der Waals surface area contributed by atoms with Crippen LogP contribution in [0.1, 0.15) is 13.8 Å². The molecule has 0 unspecified atom stereocenters. The molecule has 1 heterocycles. The lowest BCUT2D eigenvalue weighted by Gasteiger charge is -1.97. The Bertz CT molecular complexity index is 306. The van der Waals surface area contributed by atoms with Crippen molar-refractivity contribution in [2.24, 2.45) is 4.99 Å². The van der Waals surface area contributed by atoms with Crippen molar-refractivity contribution in [1.29, 1.82) is 0 Å². The van der Waals surface area contributed by atoms with E-state index in [1.807, 2.05) is 17.7 Å². The van der Waals surface area contributed by atoms with Crippen LogP contribution in [-0.4, -0.2) is 10.6 Å². The predicted molar refractivity (Wildman–Crippen MR) is 53.2 cm³/mol. The smallest absolute Gasteiger partial charge is 0.185 e. The molecular weight excluding hydrogens is 168 g/mol. The second-order valence-corrected chi connectivity index (χ2v) is 3.72. The molecule has 2 nitrogen and oxygen atoms in total. The second kappa shape index (κ2) is 4.26. The number of hydrogen-bond acceptors (Lipinski definition) is 2. The molecule has 0 N–H and O–H groups in total. The minimum Gasteiger partial charge on any atom is -0.320 e. The van der Waals surface area contributed by atoms with Gasteiger partial charge in [-0.25, -0.2) is 0 Å². The van der Waals surface area contributed by atoms with E-state index in [0.717, 1.165) is 11.3 Å². The first-order valence-electron chi connectivity index (χ1n) is 4.02. The largest absolute Gasteiger partial charge is 0.320 e. The van der Waals surface area contributed by atoms with Crippen LogP contribution in [-0.2, 0) is 6.54 Å². The van der Waals surface area contributed by atoms with Crippen LogP contribution < -0.4 is 4.80 Å². The Morgan fingerprint density at radius 1 is 1.75 bits per heavy atom. The van der Waals surface area contributed by atoms with Crippen molar-refractivity contribution in [2.75, 3.05) is 0 Å². The van der Waals surface area contributed by atoms with Crippen LogP contribution in [0.5, 0.6) is 0 Å². The Balaban J connectivity index is 2.98. The third-order valence-corrected chi connectivity index (χ3v) is 2.16. The highest BCUT2D eigenvalue weighted by Crippen LogP contribution is 1.92. The molecule has 0 aliphatic heterocycles. The average Bonchev–Trinajstić information content (AvgIpc) is 2.37. The summed E-state index contributed by atoms with van der Waals surface area (Å²) in [5.74, 6) is 0. The summed E-state index contributed by atoms with van der Waals surface area (Å²) >= 11 is 1.67. The monoisotopic (exact) mass is 182 g/mol. The first-order valence-corrected chi connectivity index (χ1v) is 4.90. The van der Waals surface area contributed by atoms with Crippen molar-refractivity contribution in [1.82, 2.24) is 4.57 Å². The molecule has 0 saturated heterocycles. The fourth-order valence-corrected chi connectivity index (χ4v) is 1.77. The molecule has 0 aliphatic carbocycles. The van der Waals surface area contributed by atoms with Crippen molar-refractivity contribution in [3.8, 4) is 0 Å². The maximum atomic E-state index is 4.47. The van der Waals surface area contributed by atoms with Crippen molar-refractivity contribution in [3.05, 3.63) is 29.0 Å². The highest BCUT2D eigenvalue weighted by atomic mass is 32.1. The summed E-state index contributed by atoms with van der Waals surface area (Å²) in [7, 11) is 0. The number of hydrogen-bond donors (Lipinski definition) is 0. The van der Waals surface area contributed by atoms with E-state index in [9.17, 15) is 0 Å². The molecule has 12 heavy (non-hydrogen) atoms. The van der Waals surface area contributed by atoms with E-state index in [1.54, 1.807) is 11.3 Å². The van der Waals surface area contributed by atoms with Gasteiger partial charge in [-0.3, -0.25) is 4.99 Å². The van der Waals surface area contributed by atoms with E-state index in [4.69, 9.17) is 0 Å². The van der Waals surface area contributed by atoms with Gasteiger partial charge >= 0.3 is 0 Å². The Morgan fingerprint density at radius 2 is 2.50 bits per heavy atom. The normalized spacial score (nSPS) is 12.4. The zero-order valence-corrected chi connectivity index (χ0v) is 8.34. The summed E-state index contributed by atoms with van der Waals surface area (Å²) in [5.41, 5.74) is 0. The summed E-state index contributed by atoms with van der Waals surface area (Å²) < 4.78 is 2.09. The molecule has 1 aromatic rings. The van der Waals surface area contributed by atoms with Crippen LogP contribution >= 0.6 is 11.3 Å². The molecule has 1 rings (SSSR count). The first kappa shape index (κ1) is 9.26. The van der Waals surface area contributed by atoms with E-state index >= 15 is 0 Å². The number of thiazole rings is 1. The Kier molecular flexibility index (Phi) is 3.29. The van der Waals surface area contributed by atoms with E-state index < -0.39 is 0 Å². The number of rotatable bonds is 3. The zero-order valence-electron chi connectivity index (χ0n) is 7.53. The molecule has 0 fully saturated rings. The summed E-state index contributed by atoms with van der Waals surface area (Å²) in [6, 6.07) is 0.361. The highest BCUT2D eigenvalue weighted by Gasteiger charge is 1.93. The van der Waals surface area contributed by atoms with Crippen LogP contribution in [0.25, 0.3) is 0 Å². The molecule has 0 aromatic carbocycles. The van der Waals surface area contributed by atoms with E-state index in [-0.39, 0.29) is 0 Å². The molecule has 0 saturated carbocycles. The fourth-order valence-electron chi connectivity index (χ4n) is 0.900. The van der Waals surface area contributed by atoms with E-state index in [1.165, 1.54) is 0 Å². The third-order valence-electron chi connectivity index (χ3n) is 1.35. The molecule has 0 amide bonds. The lowest BCUT2D eigenvalue weighted by atomic mass is 10.4. The van der Waals surface area contributed by atoms with Crippen LogP contribution in [0.2, 0.25) is 0 Å². The average molecular weight is 182 g/mol. The van der Waals surface area contributed by atoms with Crippen LogP contribution in [0.3, 0.4) is 0 Å². The molecule has 66 valence electrons. The molecule has 0 aliphatic rings. The van der Waals surface area contributed by atoms with Gasteiger partial charge in [-0.2, -0.15) is 0 Å². The van der Waals surface area contributed by atoms with E-state index in [0.29, 0.717) is 6.04 Å². The summed E-state index contributed by atoms with van der Waals surface area (Å²) in [5, 5.41) is 2.05. The van der Waals surface area contributed by atoms with Crippen molar-refractivity contribution in [3.63, 3.8) is 0 Å². The highest BCUT2D eigenvalue weighted by molar-refractivity contribution is 7.07. The van der Waals surface area contributed by atoms with Gasteiger partial charge in [0.05, 0.1) is 0 Å². The topological polar surface area (TPSA) is 17.3 Å². The lowest BCUT2D eigenvalue weighted by molar-refractivity contribution is 0.729. The van der Waals surface area contributed by atoms with Crippen LogP contribution in [0.4, 0.5) is 0 Å². The molecule has 0 radical (unpaired) electrons. The van der Waals surface area contributed by atoms with Gasteiger partial charge < -0.3 is 4.57 Å². The summed E-state index contributed by atoms with van der Waals surface area (Å²) in [6.45, 7) is 8.70. The summed E-state index contributed by atoms with van der Waals surface area (Å²) in [6.07, 6.45) is 3.92. The molecular formula is C9H14N2S. The van der Waals surface area contributed by atoms with Gasteiger partial charge in [-0.05, 0) is 13.8 Å². The van der Waals surface area contributed by atoms with Crippen molar-refractivity contribution >= 4 is 11.3 Å². The Labute approximate surface area is 76.9 Å². The molecule has 1 aromatic heterocycles. The van der Waals surface area contributed by atoms with Gasteiger partial charge in [0, 0.05) is 24.2 Å². The minimum absolute atomic E-state index is 0.361. The maximum Gasteiger partial charge on any atom is 0.185 e. The number of aromatic nitrogens is 1. The van der Waals surface area contributed by atoms with E-state index in [2.05, 4.69) is 30.0 Å². The predicted octanol–water partition coefficient (Wildman–Crippen LogP) is 2.04. The van der Waals surface area contributed by atoms with Crippen molar-refractivity contribution in [2.45, 2.75) is 26.4 Å². The van der Waals surface area contributed by atoms with Crippen molar-refractivity contribution < 1.29 is 0 Å². The second-order valence-electron chi connectivity index (χ2n) is 2.85. The van der Waals surface area contributed by atoms with Gasteiger partial charge in [-0.1, -0.05) is 6.08 Å². The standard InChI is InChI=1S/C9H14N2S/c1-4-5-11-6-7-12-9(11)10-8(2)3/h4,6-8H,1,5H2,2-3H3. The first-order chi connectivity index (χ1) is 5.74. The Morgan fingerprint density at radius 3 is 3.08 bits per heavy atom. The maximum absolute atomic E-state index is 4.47. The number of nitrogens with zero attached hydrogens (tertiary/aromatic N) is 2. The van der Waals surface area contributed by atoms with Gasteiger partial charge in [-0.15, -0.1) is 17.9 Å². The van der Waals surface area contributed by atoms with Gasteiger partial charge in [0.1, 0.15) is 0 Å². The quantitative estimate of drug-likeness (QED) is 0.637. The third kappa shape index (κ3) is 2.34. The fraction of sp³-hybridized carbons (Fsp3) is 0.444. The molecule has 3 heteroatoms. The van der Waals surface area contributed by atoms with Gasteiger partial charge in [0.15, 0.2) is 4.80 Å². The Hall–Kier alpha value is -0.830. The van der Waals surface area contributed by atoms with Gasteiger partial charge in [0.2, 0.25) is 0 Å². The zero-order chi connectivity index (χ0) is 8.97. The SMILES string of the molecule is C=CCn1ccsc1=NC(C)C. The lowest BCUT2D eigenvalue weighted by Crippen LogP contribution is -2.15.